The molecule has 0 saturated heterocycles. The van der Waals surface area contributed by atoms with E-state index in [1.165, 1.54) is 6.08 Å². The van der Waals surface area contributed by atoms with Crippen LogP contribution in [0.25, 0.3) is 0 Å². The maximum atomic E-state index is 10.6. The van der Waals surface area contributed by atoms with Gasteiger partial charge in [-0.25, -0.2) is 9.59 Å². The van der Waals surface area contributed by atoms with Crippen molar-refractivity contribution in [3.05, 3.63) is 22.8 Å². The number of hydrogen-bond donors (Lipinski definition) is 2. The highest BCUT2D eigenvalue weighted by molar-refractivity contribution is 5.96. The maximum absolute atomic E-state index is 10.6. The van der Waals surface area contributed by atoms with Gasteiger partial charge in [-0.3, -0.25) is 0 Å². The molecule has 4 nitrogen and oxygen atoms in total. The fraction of sp³-hybridized carbons (Fsp3) is 0.333. The Morgan fingerprint density at radius 2 is 1.85 bits per heavy atom. The Balaban J connectivity index is 3.05. The van der Waals surface area contributed by atoms with Crippen LogP contribution in [0.4, 0.5) is 0 Å². The van der Waals surface area contributed by atoms with Crippen LogP contribution < -0.4 is 0 Å². The molecule has 0 aromatic rings. The van der Waals surface area contributed by atoms with Gasteiger partial charge in [-0.15, -0.1) is 0 Å². The van der Waals surface area contributed by atoms with Gasteiger partial charge in [0.2, 0.25) is 0 Å². The van der Waals surface area contributed by atoms with E-state index >= 15 is 0 Å². The van der Waals surface area contributed by atoms with Crippen LogP contribution >= 0.6 is 0 Å². The van der Waals surface area contributed by atoms with E-state index in [-0.39, 0.29) is 11.1 Å². The van der Waals surface area contributed by atoms with Crippen molar-refractivity contribution in [2.24, 2.45) is 0 Å². The highest BCUT2D eigenvalue weighted by Gasteiger charge is 2.18. The van der Waals surface area contributed by atoms with Crippen molar-refractivity contribution in [1.82, 2.24) is 0 Å². The van der Waals surface area contributed by atoms with Gasteiger partial charge in [0, 0.05) is 5.57 Å². The van der Waals surface area contributed by atoms with Crippen LogP contribution in [-0.4, -0.2) is 22.2 Å². The minimum Gasteiger partial charge on any atom is -0.478 e. The molecule has 0 atom stereocenters. The summed E-state index contributed by atoms with van der Waals surface area (Å²) in [6, 6.07) is 0. The Kier molecular flexibility index (Phi) is 2.51. The first-order valence-electron chi connectivity index (χ1n) is 3.89. The topological polar surface area (TPSA) is 74.6 Å². The van der Waals surface area contributed by atoms with Gasteiger partial charge < -0.3 is 10.2 Å². The summed E-state index contributed by atoms with van der Waals surface area (Å²) in [4.78, 5) is 21.2. The van der Waals surface area contributed by atoms with Crippen molar-refractivity contribution < 1.29 is 19.8 Å². The van der Waals surface area contributed by atoms with Crippen LogP contribution in [0.2, 0.25) is 0 Å². The molecular formula is C9H10O4. The average molecular weight is 182 g/mol. The van der Waals surface area contributed by atoms with Crippen molar-refractivity contribution in [2.75, 3.05) is 0 Å². The van der Waals surface area contributed by atoms with Gasteiger partial charge in [0.1, 0.15) is 0 Å². The largest absolute Gasteiger partial charge is 0.478 e. The first kappa shape index (κ1) is 9.51. The second-order valence-corrected chi connectivity index (χ2v) is 2.97. The smallest absolute Gasteiger partial charge is 0.335 e. The summed E-state index contributed by atoms with van der Waals surface area (Å²) in [6.45, 7) is 1.71. The van der Waals surface area contributed by atoms with E-state index in [1.54, 1.807) is 6.92 Å². The van der Waals surface area contributed by atoms with Crippen molar-refractivity contribution in [3.8, 4) is 0 Å². The molecule has 70 valence electrons. The number of carboxylic acids is 2. The van der Waals surface area contributed by atoms with E-state index in [0.717, 1.165) is 5.57 Å². The van der Waals surface area contributed by atoms with E-state index in [1.807, 2.05) is 0 Å². The van der Waals surface area contributed by atoms with Gasteiger partial charge in [0.15, 0.2) is 0 Å². The molecule has 13 heavy (non-hydrogen) atoms. The second-order valence-electron chi connectivity index (χ2n) is 2.97. The highest BCUT2D eigenvalue weighted by Crippen LogP contribution is 2.23. The molecule has 0 aliphatic heterocycles. The predicted octanol–water partition coefficient (Wildman–Crippen LogP) is 1.19. The van der Waals surface area contributed by atoms with Gasteiger partial charge in [-0.1, -0.05) is 5.57 Å². The molecule has 0 spiro atoms. The molecule has 1 aliphatic carbocycles. The normalized spacial score (nSPS) is 16.8. The first-order valence-corrected chi connectivity index (χ1v) is 3.89. The molecule has 0 aromatic heterocycles. The molecule has 0 fully saturated rings. The van der Waals surface area contributed by atoms with Crippen molar-refractivity contribution in [3.63, 3.8) is 0 Å². The quantitative estimate of drug-likeness (QED) is 0.672. The molecular weight excluding hydrogens is 172 g/mol. The van der Waals surface area contributed by atoms with Crippen molar-refractivity contribution >= 4 is 11.9 Å². The molecule has 4 heteroatoms. The number of hydrogen-bond acceptors (Lipinski definition) is 2. The number of allylic oxidation sites excluding steroid dienone is 1. The number of rotatable bonds is 2. The van der Waals surface area contributed by atoms with Crippen LogP contribution in [0.15, 0.2) is 22.8 Å². The summed E-state index contributed by atoms with van der Waals surface area (Å²) in [5, 5.41) is 17.4. The van der Waals surface area contributed by atoms with Crippen LogP contribution in [0, 0.1) is 0 Å². The Labute approximate surface area is 75.2 Å². The highest BCUT2D eigenvalue weighted by atomic mass is 16.4. The summed E-state index contributed by atoms with van der Waals surface area (Å²) in [5.41, 5.74) is 1.02. The number of carboxylic acid groups (broad SMARTS) is 2. The molecule has 1 aliphatic rings. The first-order chi connectivity index (χ1) is 6.02. The molecule has 0 aromatic carbocycles. The lowest BCUT2D eigenvalue weighted by Gasteiger charge is -2.12. The third kappa shape index (κ3) is 1.96. The molecule has 0 amide bonds. The van der Waals surface area contributed by atoms with Crippen LogP contribution in [0.1, 0.15) is 19.8 Å². The molecule has 0 heterocycles. The van der Waals surface area contributed by atoms with Gasteiger partial charge in [0.05, 0.1) is 5.57 Å². The lowest BCUT2D eigenvalue weighted by atomic mass is 9.93. The van der Waals surface area contributed by atoms with Crippen LogP contribution in [0.3, 0.4) is 0 Å². The zero-order valence-electron chi connectivity index (χ0n) is 7.20. The van der Waals surface area contributed by atoms with Gasteiger partial charge in [-0.05, 0) is 25.8 Å². The summed E-state index contributed by atoms with van der Waals surface area (Å²) in [5.74, 6) is -2.10. The summed E-state index contributed by atoms with van der Waals surface area (Å²) in [6.07, 6.45) is 2.17. The van der Waals surface area contributed by atoms with E-state index in [2.05, 4.69) is 0 Å². The Bertz CT molecular complexity index is 323. The predicted molar refractivity (Wildman–Crippen MR) is 45.3 cm³/mol. The monoisotopic (exact) mass is 182 g/mol. The van der Waals surface area contributed by atoms with E-state index in [9.17, 15) is 9.59 Å². The zero-order valence-corrected chi connectivity index (χ0v) is 7.20. The third-order valence-electron chi connectivity index (χ3n) is 2.05. The Morgan fingerprint density at radius 3 is 2.31 bits per heavy atom. The van der Waals surface area contributed by atoms with Gasteiger partial charge in [0.25, 0.3) is 0 Å². The van der Waals surface area contributed by atoms with E-state index in [0.29, 0.717) is 12.8 Å². The fourth-order valence-electron chi connectivity index (χ4n) is 1.24. The number of aliphatic carboxylic acids is 2. The SMILES string of the molecule is CC1=C(C(=O)O)C=C(C(=O)O)CC1. The van der Waals surface area contributed by atoms with Crippen molar-refractivity contribution in [1.29, 1.82) is 0 Å². The van der Waals surface area contributed by atoms with Crippen LogP contribution in [0.5, 0.6) is 0 Å². The molecule has 2 N–H and O–H groups in total. The summed E-state index contributed by atoms with van der Waals surface area (Å²) < 4.78 is 0. The minimum atomic E-state index is -1.06. The zero-order chi connectivity index (χ0) is 10.0. The fourth-order valence-corrected chi connectivity index (χ4v) is 1.24. The lowest BCUT2D eigenvalue weighted by molar-refractivity contribution is -0.132. The lowest BCUT2D eigenvalue weighted by Crippen LogP contribution is -2.10. The third-order valence-corrected chi connectivity index (χ3v) is 2.05. The molecule has 1 rings (SSSR count). The van der Waals surface area contributed by atoms with E-state index < -0.39 is 11.9 Å². The van der Waals surface area contributed by atoms with Gasteiger partial charge >= 0.3 is 11.9 Å². The number of carbonyl (C=O) groups is 2. The summed E-state index contributed by atoms with van der Waals surface area (Å²) >= 11 is 0. The minimum absolute atomic E-state index is 0.114. The van der Waals surface area contributed by atoms with Crippen molar-refractivity contribution in [2.45, 2.75) is 19.8 Å². The average Bonchev–Trinajstić information content (AvgIpc) is 2.04. The van der Waals surface area contributed by atoms with Gasteiger partial charge in [-0.2, -0.15) is 0 Å². The molecule has 0 saturated carbocycles. The van der Waals surface area contributed by atoms with E-state index in [4.69, 9.17) is 10.2 Å². The van der Waals surface area contributed by atoms with Crippen LogP contribution in [-0.2, 0) is 9.59 Å². The molecule has 0 unspecified atom stereocenters. The standard InChI is InChI=1S/C9H10O4/c1-5-2-3-6(8(10)11)4-7(5)9(12)13/h4H,2-3H2,1H3,(H,10,11)(H,12,13). The molecule has 0 bridgehead atoms. The Hall–Kier alpha value is -1.58. The second kappa shape index (κ2) is 3.43. The summed E-state index contributed by atoms with van der Waals surface area (Å²) in [7, 11) is 0. The molecule has 0 radical (unpaired) electrons. The Morgan fingerprint density at radius 1 is 1.23 bits per heavy atom. The maximum Gasteiger partial charge on any atom is 0.335 e.